The summed E-state index contributed by atoms with van der Waals surface area (Å²) in [7, 11) is -1.93. The maximum absolute atomic E-state index is 11.2. The molecule has 0 aliphatic carbocycles. The molecule has 5 unspecified atom stereocenters. The first-order valence-electron chi connectivity index (χ1n) is 13.7. The fourth-order valence-electron chi connectivity index (χ4n) is 4.12. The Morgan fingerprint density at radius 1 is 0.882 bits per heavy atom. The number of rotatable bonds is 25. The summed E-state index contributed by atoms with van der Waals surface area (Å²) >= 11 is 4.64. The molecule has 0 saturated heterocycles. The third-order valence-corrected chi connectivity index (χ3v) is 7.55. The third-order valence-electron chi connectivity index (χ3n) is 6.41. The molecule has 2 N–H and O–H groups in total. The predicted molar refractivity (Wildman–Crippen MR) is 146 cm³/mol. The Morgan fingerprint density at radius 3 is 1.79 bits per heavy atom. The number of thiol groups is 1. The molecule has 5 atom stereocenters. The minimum atomic E-state index is -2.35. The van der Waals surface area contributed by atoms with E-state index in [0.717, 1.165) is 6.42 Å². The van der Waals surface area contributed by atoms with Gasteiger partial charge in [-0.3, -0.25) is 0 Å². The molecule has 0 rings (SSSR count). The third kappa shape index (κ3) is 17.4. The van der Waals surface area contributed by atoms with Crippen molar-refractivity contribution < 1.29 is 29.0 Å². The van der Waals surface area contributed by atoms with Crippen molar-refractivity contribution in [2.24, 2.45) is 5.92 Å². The number of aliphatic hydroxyl groups is 1. The lowest BCUT2D eigenvalue weighted by atomic mass is 9.91. The molecule has 0 aromatic heterocycles. The van der Waals surface area contributed by atoms with Crippen LogP contribution in [0.4, 0.5) is 0 Å². The van der Waals surface area contributed by atoms with E-state index in [4.69, 9.17) is 14.6 Å². The van der Waals surface area contributed by atoms with Crippen molar-refractivity contribution in [3.63, 3.8) is 0 Å². The highest BCUT2D eigenvalue weighted by Gasteiger charge is 2.36. The molecule has 0 radical (unpaired) electrons. The topological polar surface area (TPSA) is 93.1 Å². The Hall–Kier alpha value is -0.0700. The average molecular weight is 525 g/mol. The predicted octanol–water partition coefficient (Wildman–Crippen LogP) is 7.44. The van der Waals surface area contributed by atoms with Crippen LogP contribution in [-0.2, 0) is 18.8 Å². The molecule has 0 fully saturated rings. The van der Waals surface area contributed by atoms with Crippen LogP contribution in [0, 0.1) is 5.92 Å². The molecule has 204 valence electrons. The smallest absolute Gasteiger partial charge is 0.345 e. The van der Waals surface area contributed by atoms with Crippen molar-refractivity contribution in [3.8, 4) is 0 Å². The van der Waals surface area contributed by atoms with Crippen LogP contribution in [0.3, 0.4) is 0 Å². The number of hydrogen-bond acceptors (Lipinski definition) is 6. The largest absolute Gasteiger partial charge is 0.479 e. The van der Waals surface area contributed by atoms with Crippen LogP contribution in [0.1, 0.15) is 130 Å². The fraction of sp³-hybridized carbons (Fsp3) is 0.962. The molecule has 0 heterocycles. The molecule has 0 saturated carbocycles. The molecular formula is C26H53O6PS. The van der Waals surface area contributed by atoms with Crippen molar-refractivity contribution >= 4 is 27.1 Å². The summed E-state index contributed by atoms with van der Waals surface area (Å²) in [6, 6.07) is 0. The van der Waals surface area contributed by atoms with Gasteiger partial charge in [-0.2, -0.15) is 0 Å². The molecule has 0 aromatic rings. The van der Waals surface area contributed by atoms with Gasteiger partial charge in [0, 0.05) is 0 Å². The molecular weight excluding hydrogens is 471 g/mol. The van der Waals surface area contributed by atoms with Gasteiger partial charge in [-0.1, -0.05) is 117 Å². The summed E-state index contributed by atoms with van der Waals surface area (Å²) in [5.74, 6) is -0.994. The highest BCUT2D eigenvalue weighted by atomic mass is 32.1. The SMILES string of the molecule is CCCCCCCCCCCC(CCCCCC)CC(S)OC(CC)OCC(O)([PH2]=O)C(=O)O. The average Bonchev–Trinajstić information content (AvgIpc) is 2.82. The number of aliphatic carboxylic acids is 1. The Morgan fingerprint density at radius 2 is 1.35 bits per heavy atom. The lowest BCUT2D eigenvalue weighted by Crippen LogP contribution is -2.39. The quantitative estimate of drug-likeness (QED) is 0.0497. The Labute approximate surface area is 215 Å². The fourth-order valence-corrected chi connectivity index (χ4v) is 4.82. The van der Waals surface area contributed by atoms with Crippen LogP contribution in [0.15, 0.2) is 0 Å². The van der Waals surface area contributed by atoms with Crippen molar-refractivity contribution in [1.82, 2.24) is 0 Å². The van der Waals surface area contributed by atoms with Crippen molar-refractivity contribution in [1.29, 1.82) is 0 Å². The number of carboxylic acids is 1. The highest BCUT2D eigenvalue weighted by molar-refractivity contribution is 7.80. The van der Waals surface area contributed by atoms with Gasteiger partial charge in [0.05, 0.1) is 6.61 Å². The van der Waals surface area contributed by atoms with E-state index in [2.05, 4.69) is 26.5 Å². The second kappa shape index (κ2) is 22.2. The number of carbonyl (C=O) groups is 1. The van der Waals surface area contributed by atoms with Gasteiger partial charge in [0.25, 0.3) is 0 Å². The Kier molecular flexibility index (Phi) is 22.1. The molecule has 0 bridgehead atoms. The number of carboxylic acid groups (broad SMARTS) is 1. The molecule has 0 aliphatic heterocycles. The lowest BCUT2D eigenvalue weighted by molar-refractivity contribution is -0.183. The summed E-state index contributed by atoms with van der Waals surface area (Å²) in [6.07, 6.45) is 19.9. The minimum Gasteiger partial charge on any atom is -0.479 e. The summed E-state index contributed by atoms with van der Waals surface area (Å²) in [5, 5.41) is 16.6. The van der Waals surface area contributed by atoms with E-state index in [1.54, 1.807) is 0 Å². The molecule has 0 spiro atoms. The second-order valence-electron chi connectivity index (χ2n) is 9.65. The number of ether oxygens (including phenoxy) is 2. The zero-order chi connectivity index (χ0) is 25.7. The van der Waals surface area contributed by atoms with Gasteiger partial charge in [-0.05, 0) is 18.8 Å². The summed E-state index contributed by atoms with van der Waals surface area (Å²) in [4.78, 5) is 11.1. The molecule has 8 heteroatoms. The van der Waals surface area contributed by atoms with Gasteiger partial charge in [0.2, 0.25) is 5.34 Å². The van der Waals surface area contributed by atoms with Crippen LogP contribution in [0.25, 0.3) is 0 Å². The Bertz CT molecular complexity index is 510. The van der Waals surface area contributed by atoms with E-state index in [1.807, 2.05) is 6.92 Å². The first-order chi connectivity index (χ1) is 16.3. The Balaban J connectivity index is 4.48. The van der Waals surface area contributed by atoms with Gasteiger partial charge in [0.1, 0.15) is 13.9 Å². The second-order valence-corrected chi connectivity index (χ2v) is 11.4. The van der Waals surface area contributed by atoms with E-state index in [-0.39, 0.29) is 5.44 Å². The molecule has 6 nitrogen and oxygen atoms in total. The van der Waals surface area contributed by atoms with Crippen LogP contribution >= 0.6 is 21.1 Å². The normalized spacial score (nSPS) is 16.5. The van der Waals surface area contributed by atoms with E-state index in [1.165, 1.54) is 96.3 Å². The minimum absolute atomic E-state index is 0.322. The van der Waals surface area contributed by atoms with Gasteiger partial charge in [-0.15, -0.1) is 12.6 Å². The molecule has 34 heavy (non-hydrogen) atoms. The van der Waals surface area contributed by atoms with E-state index < -0.39 is 32.7 Å². The van der Waals surface area contributed by atoms with E-state index in [0.29, 0.717) is 12.3 Å². The van der Waals surface area contributed by atoms with Crippen LogP contribution < -0.4 is 0 Å². The van der Waals surface area contributed by atoms with E-state index >= 15 is 0 Å². The zero-order valence-corrected chi connectivity index (χ0v) is 24.1. The lowest BCUT2D eigenvalue weighted by Gasteiger charge is -2.26. The monoisotopic (exact) mass is 524 g/mol. The first kappa shape index (κ1) is 33.9. The van der Waals surface area contributed by atoms with Gasteiger partial charge in [0.15, 0.2) is 6.29 Å². The molecule has 0 aromatic carbocycles. The van der Waals surface area contributed by atoms with Crippen LogP contribution in [0.2, 0.25) is 0 Å². The maximum Gasteiger partial charge on any atom is 0.345 e. The number of unbranched alkanes of at least 4 members (excludes halogenated alkanes) is 11. The van der Waals surface area contributed by atoms with Crippen LogP contribution in [-0.4, -0.2) is 39.9 Å². The first-order valence-corrected chi connectivity index (χ1v) is 15.3. The van der Waals surface area contributed by atoms with Gasteiger partial charge < -0.3 is 24.3 Å². The summed E-state index contributed by atoms with van der Waals surface area (Å²) < 4.78 is 22.5. The summed E-state index contributed by atoms with van der Waals surface area (Å²) in [5.41, 5.74) is -0.322. The van der Waals surface area contributed by atoms with Crippen molar-refractivity contribution in [2.75, 3.05) is 6.61 Å². The highest BCUT2D eigenvalue weighted by Crippen LogP contribution is 2.27. The van der Waals surface area contributed by atoms with E-state index in [9.17, 15) is 14.5 Å². The number of hydrogen-bond donors (Lipinski definition) is 3. The van der Waals surface area contributed by atoms with Gasteiger partial charge in [-0.25, -0.2) is 4.79 Å². The maximum atomic E-state index is 11.2. The molecule has 0 amide bonds. The van der Waals surface area contributed by atoms with Gasteiger partial charge >= 0.3 is 5.97 Å². The van der Waals surface area contributed by atoms with Crippen molar-refractivity contribution in [3.05, 3.63) is 0 Å². The molecule has 0 aliphatic rings. The van der Waals surface area contributed by atoms with Crippen LogP contribution in [0.5, 0.6) is 0 Å². The summed E-state index contributed by atoms with van der Waals surface area (Å²) in [6.45, 7) is 5.78. The zero-order valence-electron chi connectivity index (χ0n) is 22.0. The standard InChI is InChI=1S/C26H53O6PS/c1-4-7-9-11-12-13-14-15-17-19-22(18-16-10-8-5-2)20-24(34)32-23(6-3)31-21-26(29,33-30)25(27)28/h22-24,29,34H,4-21,33H2,1-3H3,(H,27,28). The van der Waals surface area contributed by atoms with Crippen molar-refractivity contribution in [2.45, 2.75) is 147 Å².